The quantitative estimate of drug-likeness (QED) is 0.707. The van der Waals surface area contributed by atoms with Crippen LogP contribution < -0.4 is 16.8 Å². The Kier molecular flexibility index (Phi) is 4.16. The number of alkyl halides is 3. The van der Waals surface area contributed by atoms with Crippen molar-refractivity contribution in [3.8, 4) is 0 Å². The van der Waals surface area contributed by atoms with Crippen LogP contribution in [-0.2, 0) is 0 Å². The summed E-state index contributed by atoms with van der Waals surface area (Å²) in [4.78, 5) is 11.0. The standard InChI is InChI=1S/C8H11F3N4OS/c9-8(10,11)2-1-3-14-7-4(6(13)16)5(12)15-17-7/h14H,1-3H2,(H2,12,15)(H2,13,16). The molecule has 0 saturated heterocycles. The van der Waals surface area contributed by atoms with Crippen LogP contribution in [0.2, 0.25) is 0 Å². The second-order valence-electron chi connectivity index (χ2n) is 3.28. The summed E-state index contributed by atoms with van der Waals surface area (Å²) in [6, 6.07) is 0. The third-order valence-electron chi connectivity index (χ3n) is 1.89. The lowest BCUT2D eigenvalue weighted by atomic mass is 10.2. The van der Waals surface area contributed by atoms with Gasteiger partial charge in [0, 0.05) is 13.0 Å². The fraction of sp³-hybridized carbons (Fsp3) is 0.500. The zero-order chi connectivity index (χ0) is 13.1. The van der Waals surface area contributed by atoms with E-state index in [1.807, 2.05) is 0 Å². The molecule has 0 aromatic carbocycles. The first-order valence-corrected chi connectivity index (χ1v) is 5.44. The molecular formula is C8H11F3N4OS. The maximum atomic E-state index is 11.9. The highest BCUT2D eigenvalue weighted by molar-refractivity contribution is 7.11. The minimum absolute atomic E-state index is 0.0131. The van der Waals surface area contributed by atoms with E-state index in [0.717, 1.165) is 11.5 Å². The van der Waals surface area contributed by atoms with Crippen molar-refractivity contribution >= 4 is 28.3 Å². The molecule has 9 heteroatoms. The number of rotatable bonds is 5. The highest BCUT2D eigenvalue weighted by atomic mass is 32.1. The van der Waals surface area contributed by atoms with Crippen LogP contribution in [0.15, 0.2) is 0 Å². The van der Waals surface area contributed by atoms with Gasteiger partial charge in [-0.1, -0.05) is 0 Å². The normalized spacial score (nSPS) is 11.5. The van der Waals surface area contributed by atoms with Crippen LogP contribution in [0.1, 0.15) is 23.2 Å². The minimum Gasteiger partial charge on any atom is -0.382 e. The summed E-state index contributed by atoms with van der Waals surface area (Å²) < 4.78 is 39.3. The number of nitrogens with two attached hydrogens (primary N) is 2. The van der Waals surface area contributed by atoms with Crippen LogP contribution in [0, 0.1) is 0 Å². The van der Waals surface area contributed by atoms with Gasteiger partial charge in [-0.25, -0.2) is 0 Å². The number of nitrogen functional groups attached to an aromatic ring is 1. The number of anilines is 2. The number of carbonyl (C=O) groups excluding carboxylic acids is 1. The molecule has 1 aromatic rings. The summed E-state index contributed by atoms with van der Waals surface area (Å²) >= 11 is 0.894. The Bertz CT molecular complexity index is 404. The van der Waals surface area contributed by atoms with E-state index in [0.29, 0.717) is 5.00 Å². The van der Waals surface area contributed by atoms with E-state index >= 15 is 0 Å². The predicted molar refractivity (Wildman–Crippen MR) is 58.8 cm³/mol. The molecule has 1 heterocycles. The van der Waals surface area contributed by atoms with Crippen LogP contribution in [-0.4, -0.2) is 23.0 Å². The Morgan fingerprint density at radius 2 is 2.12 bits per heavy atom. The Morgan fingerprint density at radius 3 is 2.65 bits per heavy atom. The number of primary amides is 1. The molecule has 0 unspecified atom stereocenters. The SMILES string of the molecule is NC(=O)c1c(N)nsc1NCCCC(F)(F)F. The van der Waals surface area contributed by atoms with Crippen molar-refractivity contribution < 1.29 is 18.0 Å². The first kappa shape index (κ1) is 13.6. The number of hydrogen-bond acceptors (Lipinski definition) is 5. The van der Waals surface area contributed by atoms with Gasteiger partial charge in [0.2, 0.25) is 0 Å². The molecular weight excluding hydrogens is 257 g/mol. The molecule has 0 aliphatic heterocycles. The van der Waals surface area contributed by atoms with Gasteiger partial charge in [0.15, 0.2) is 5.82 Å². The van der Waals surface area contributed by atoms with E-state index < -0.39 is 18.5 Å². The summed E-state index contributed by atoms with van der Waals surface area (Å²) in [7, 11) is 0. The molecule has 17 heavy (non-hydrogen) atoms. The molecule has 0 bridgehead atoms. The summed E-state index contributed by atoms with van der Waals surface area (Å²) in [6.07, 6.45) is -5.17. The van der Waals surface area contributed by atoms with Crippen molar-refractivity contribution in [2.24, 2.45) is 5.73 Å². The molecule has 0 radical (unpaired) electrons. The van der Waals surface area contributed by atoms with Gasteiger partial charge in [-0.05, 0) is 18.0 Å². The monoisotopic (exact) mass is 268 g/mol. The molecule has 5 nitrogen and oxygen atoms in total. The van der Waals surface area contributed by atoms with Crippen molar-refractivity contribution in [3.63, 3.8) is 0 Å². The predicted octanol–water partition coefficient (Wildman–Crippen LogP) is 1.58. The Labute approximate surface area is 99.1 Å². The highest BCUT2D eigenvalue weighted by Crippen LogP contribution is 2.26. The number of nitrogens with zero attached hydrogens (tertiary/aromatic N) is 1. The van der Waals surface area contributed by atoms with E-state index in [-0.39, 0.29) is 24.3 Å². The molecule has 0 aliphatic carbocycles. The maximum absolute atomic E-state index is 11.9. The lowest BCUT2D eigenvalue weighted by Gasteiger charge is -2.07. The molecule has 0 saturated carbocycles. The zero-order valence-electron chi connectivity index (χ0n) is 8.67. The third kappa shape index (κ3) is 4.10. The first-order chi connectivity index (χ1) is 7.81. The average molecular weight is 268 g/mol. The first-order valence-electron chi connectivity index (χ1n) is 4.67. The Morgan fingerprint density at radius 1 is 1.47 bits per heavy atom. The van der Waals surface area contributed by atoms with E-state index in [2.05, 4.69) is 9.69 Å². The zero-order valence-corrected chi connectivity index (χ0v) is 9.49. The van der Waals surface area contributed by atoms with E-state index in [1.54, 1.807) is 0 Å². The molecule has 1 amide bonds. The summed E-state index contributed by atoms with van der Waals surface area (Å²) in [5.41, 5.74) is 10.5. The molecule has 96 valence electrons. The molecule has 1 aromatic heterocycles. The van der Waals surface area contributed by atoms with Gasteiger partial charge in [-0.15, -0.1) is 0 Å². The van der Waals surface area contributed by atoms with Gasteiger partial charge in [-0.2, -0.15) is 17.5 Å². The van der Waals surface area contributed by atoms with Gasteiger partial charge in [0.05, 0.1) is 0 Å². The largest absolute Gasteiger partial charge is 0.389 e. The lowest BCUT2D eigenvalue weighted by Crippen LogP contribution is -2.16. The van der Waals surface area contributed by atoms with Crippen molar-refractivity contribution in [3.05, 3.63) is 5.56 Å². The highest BCUT2D eigenvalue weighted by Gasteiger charge is 2.26. The van der Waals surface area contributed by atoms with E-state index in [4.69, 9.17) is 11.5 Å². The Hall–Kier alpha value is -1.51. The second kappa shape index (κ2) is 5.21. The van der Waals surface area contributed by atoms with Gasteiger partial charge >= 0.3 is 6.18 Å². The summed E-state index contributed by atoms with van der Waals surface area (Å²) in [5, 5.41) is 2.97. The van der Waals surface area contributed by atoms with Crippen molar-refractivity contribution in [1.29, 1.82) is 0 Å². The maximum Gasteiger partial charge on any atom is 0.389 e. The molecule has 0 fully saturated rings. The molecule has 0 spiro atoms. The van der Waals surface area contributed by atoms with Crippen LogP contribution in [0.3, 0.4) is 0 Å². The Balaban J connectivity index is 2.50. The topological polar surface area (TPSA) is 94.0 Å². The molecule has 5 N–H and O–H groups in total. The average Bonchev–Trinajstić information content (AvgIpc) is 2.53. The number of amides is 1. The second-order valence-corrected chi connectivity index (χ2v) is 4.06. The van der Waals surface area contributed by atoms with Crippen LogP contribution in [0.25, 0.3) is 0 Å². The van der Waals surface area contributed by atoms with Gasteiger partial charge in [-0.3, -0.25) is 4.79 Å². The van der Waals surface area contributed by atoms with E-state index in [9.17, 15) is 18.0 Å². The van der Waals surface area contributed by atoms with E-state index in [1.165, 1.54) is 0 Å². The van der Waals surface area contributed by atoms with Gasteiger partial charge in [0.25, 0.3) is 5.91 Å². The third-order valence-corrected chi connectivity index (χ3v) is 2.71. The number of halogens is 3. The molecule has 1 rings (SSSR count). The van der Waals surface area contributed by atoms with Crippen molar-refractivity contribution in [1.82, 2.24) is 4.37 Å². The van der Waals surface area contributed by atoms with Crippen molar-refractivity contribution in [2.45, 2.75) is 19.0 Å². The van der Waals surface area contributed by atoms with Gasteiger partial charge in [0.1, 0.15) is 10.6 Å². The summed E-state index contributed by atoms with van der Waals surface area (Å²) in [6.45, 7) is 0.0709. The van der Waals surface area contributed by atoms with Crippen LogP contribution in [0.5, 0.6) is 0 Å². The number of nitrogens with one attached hydrogen (secondary N) is 1. The number of aromatic nitrogens is 1. The fourth-order valence-electron chi connectivity index (χ4n) is 1.15. The fourth-order valence-corrected chi connectivity index (χ4v) is 1.90. The number of hydrogen-bond donors (Lipinski definition) is 3. The number of carbonyl (C=O) groups is 1. The van der Waals surface area contributed by atoms with Crippen LogP contribution in [0.4, 0.5) is 24.0 Å². The van der Waals surface area contributed by atoms with Crippen molar-refractivity contribution in [2.75, 3.05) is 17.6 Å². The summed E-state index contributed by atoms with van der Waals surface area (Å²) in [5.74, 6) is -0.768. The smallest absolute Gasteiger partial charge is 0.382 e. The van der Waals surface area contributed by atoms with Crippen LogP contribution >= 0.6 is 11.5 Å². The molecule has 0 atom stereocenters. The molecule has 0 aliphatic rings. The van der Waals surface area contributed by atoms with Gasteiger partial charge < -0.3 is 16.8 Å². The minimum atomic E-state index is -4.18. The lowest BCUT2D eigenvalue weighted by molar-refractivity contribution is -0.134.